The van der Waals surface area contributed by atoms with E-state index in [0.717, 1.165) is 11.1 Å². The molecule has 16 heteroatoms. The van der Waals surface area contributed by atoms with Crippen LogP contribution in [-0.4, -0.2) is 121 Å². The van der Waals surface area contributed by atoms with Crippen molar-refractivity contribution in [2.24, 2.45) is 0 Å². The van der Waals surface area contributed by atoms with Gasteiger partial charge in [-0.15, -0.1) is 0 Å². The van der Waals surface area contributed by atoms with E-state index in [2.05, 4.69) is 23.8 Å². The standard InChI is InChI=1S/C39H52N4O12/c1-23-13-25(21-44)42(19-23)35(46)27-15-31(51-6)33(17-29(27)40-37(48)49)53-11-9-8-10-12-54-34-18-30(41-38(50)55-39(3,4)5)28(16-32(34)52-7)36(47)43-20-24(2)14-26(43)22-45/h15-18,25-26,40,44-45H,1-2,8-14,19-22H2,3-7H3,(H,41,50)(H,48,49)/t25-,26-/m1/s1. The largest absolute Gasteiger partial charge is 0.493 e. The molecule has 2 aromatic rings. The van der Waals surface area contributed by atoms with Crippen molar-refractivity contribution in [2.45, 2.75) is 70.6 Å². The summed E-state index contributed by atoms with van der Waals surface area (Å²) in [5, 5.41) is 34.1. The summed E-state index contributed by atoms with van der Waals surface area (Å²) in [5.41, 5.74) is 1.13. The van der Waals surface area contributed by atoms with Gasteiger partial charge in [0.15, 0.2) is 23.0 Å². The third kappa shape index (κ3) is 11.0. The van der Waals surface area contributed by atoms with Crippen LogP contribution >= 0.6 is 0 Å². The maximum atomic E-state index is 13.7. The number of methoxy groups -OCH3 is 2. The Kier molecular flexibility index (Phi) is 14.4. The molecule has 2 fully saturated rings. The van der Waals surface area contributed by atoms with Crippen molar-refractivity contribution < 1.29 is 58.2 Å². The van der Waals surface area contributed by atoms with Crippen molar-refractivity contribution in [1.29, 1.82) is 0 Å². The molecule has 55 heavy (non-hydrogen) atoms. The average Bonchev–Trinajstić information content (AvgIpc) is 3.70. The zero-order chi connectivity index (χ0) is 40.4. The predicted octanol–water partition coefficient (Wildman–Crippen LogP) is 5.29. The molecular weight excluding hydrogens is 716 g/mol. The Balaban J connectivity index is 1.41. The SMILES string of the molecule is C=C1C[C@H](CO)N(C(=O)c2cc(OC)c(OCCCCCOc3cc(NC(=O)OC(C)(C)C)c(C(=O)N4CC(=C)C[C@@H]4CO)cc3OC)cc2NC(=O)O)C1. The summed E-state index contributed by atoms with van der Waals surface area (Å²) in [4.78, 5) is 54.6. The second-order valence-electron chi connectivity index (χ2n) is 14.4. The highest BCUT2D eigenvalue weighted by atomic mass is 16.6. The zero-order valence-corrected chi connectivity index (χ0v) is 32.1. The first-order valence-corrected chi connectivity index (χ1v) is 18.0. The van der Waals surface area contributed by atoms with Crippen LogP contribution in [0.2, 0.25) is 0 Å². The first kappa shape index (κ1) is 42.3. The van der Waals surface area contributed by atoms with Crippen molar-refractivity contribution in [3.8, 4) is 23.0 Å². The normalized spacial score (nSPS) is 16.9. The van der Waals surface area contributed by atoms with Crippen LogP contribution in [-0.2, 0) is 4.74 Å². The second kappa shape index (κ2) is 18.7. The van der Waals surface area contributed by atoms with Crippen molar-refractivity contribution >= 4 is 35.4 Å². The van der Waals surface area contributed by atoms with Crippen LogP contribution in [0.3, 0.4) is 0 Å². The Bertz CT molecular complexity index is 1770. The van der Waals surface area contributed by atoms with Crippen LogP contribution in [0.5, 0.6) is 23.0 Å². The van der Waals surface area contributed by atoms with E-state index in [1.807, 2.05) is 0 Å². The van der Waals surface area contributed by atoms with E-state index < -0.39 is 41.7 Å². The number of rotatable bonds is 16. The summed E-state index contributed by atoms with van der Waals surface area (Å²) in [6.45, 7) is 13.5. The minimum atomic E-state index is -1.37. The summed E-state index contributed by atoms with van der Waals surface area (Å²) in [7, 11) is 2.85. The van der Waals surface area contributed by atoms with Gasteiger partial charge >= 0.3 is 12.2 Å². The maximum Gasteiger partial charge on any atom is 0.412 e. The number of benzene rings is 2. The highest BCUT2D eigenvalue weighted by Gasteiger charge is 2.35. The molecule has 2 saturated heterocycles. The number of nitrogens with one attached hydrogen (secondary N) is 2. The minimum absolute atomic E-state index is 0.0113. The van der Waals surface area contributed by atoms with E-state index >= 15 is 0 Å². The molecule has 0 aromatic heterocycles. The molecule has 2 aromatic carbocycles. The number of carboxylic acid groups (broad SMARTS) is 1. The third-order valence-electron chi connectivity index (χ3n) is 8.91. The summed E-state index contributed by atoms with van der Waals surface area (Å²) >= 11 is 0. The van der Waals surface area contributed by atoms with E-state index in [0.29, 0.717) is 32.1 Å². The maximum absolute atomic E-state index is 13.7. The number of unbranched alkanes of at least 4 members (excludes halogenated alkanes) is 2. The number of hydrogen-bond acceptors (Lipinski definition) is 11. The molecule has 5 N–H and O–H groups in total. The van der Waals surface area contributed by atoms with Crippen molar-refractivity contribution in [3.05, 3.63) is 59.7 Å². The molecule has 2 aliphatic rings. The van der Waals surface area contributed by atoms with Gasteiger partial charge in [-0.2, -0.15) is 0 Å². The van der Waals surface area contributed by atoms with Gasteiger partial charge in [0.1, 0.15) is 5.60 Å². The van der Waals surface area contributed by atoms with E-state index in [1.54, 1.807) is 20.8 Å². The van der Waals surface area contributed by atoms with Crippen molar-refractivity contribution in [2.75, 3.05) is 64.4 Å². The third-order valence-corrected chi connectivity index (χ3v) is 8.91. The Morgan fingerprint density at radius 2 is 1.16 bits per heavy atom. The molecule has 2 heterocycles. The van der Waals surface area contributed by atoms with E-state index in [9.17, 15) is 34.5 Å². The number of aliphatic hydroxyl groups excluding tert-OH is 2. The molecule has 2 aliphatic heterocycles. The van der Waals surface area contributed by atoms with Gasteiger partial charge in [-0.05, 0) is 65.0 Å². The molecule has 0 spiro atoms. The molecule has 0 saturated carbocycles. The fraction of sp³-hybridized carbons (Fsp3) is 0.487. The number of anilines is 2. The molecule has 0 aliphatic carbocycles. The van der Waals surface area contributed by atoms with Crippen LogP contribution in [0.1, 0.15) is 73.6 Å². The second-order valence-corrected chi connectivity index (χ2v) is 14.4. The number of carbonyl (C=O) groups excluding carboxylic acids is 3. The summed E-state index contributed by atoms with van der Waals surface area (Å²) < 4.78 is 28.5. The minimum Gasteiger partial charge on any atom is -0.493 e. The van der Waals surface area contributed by atoms with Crippen LogP contribution < -0.4 is 29.6 Å². The molecule has 16 nitrogen and oxygen atoms in total. The van der Waals surface area contributed by atoms with E-state index in [-0.39, 0.29) is 85.0 Å². The number of aliphatic hydroxyl groups is 2. The number of nitrogens with zero attached hydrogens (tertiary/aromatic N) is 2. The molecule has 2 atom stereocenters. The highest BCUT2D eigenvalue weighted by Crippen LogP contribution is 2.38. The number of amides is 4. The van der Waals surface area contributed by atoms with Gasteiger partial charge in [0, 0.05) is 25.2 Å². The van der Waals surface area contributed by atoms with Gasteiger partial charge in [0.05, 0.1) is 75.2 Å². The Hall–Kier alpha value is -5.48. The Labute approximate surface area is 320 Å². The zero-order valence-electron chi connectivity index (χ0n) is 32.1. The van der Waals surface area contributed by atoms with Crippen molar-refractivity contribution in [1.82, 2.24) is 9.80 Å². The van der Waals surface area contributed by atoms with Gasteiger partial charge in [-0.25, -0.2) is 9.59 Å². The summed E-state index contributed by atoms with van der Waals surface area (Å²) in [6.07, 6.45) is 0.595. The molecule has 300 valence electrons. The molecule has 4 rings (SSSR count). The van der Waals surface area contributed by atoms with E-state index in [4.69, 9.17) is 23.7 Å². The Morgan fingerprint density at radius 1 is 0.727 bits per heavy atom. The quantitative estimate of drug-likeness (QED) is 0.109. The predicted molar refractivity (Wildman–Crippen MR) is 204 cm³/mol. The summed E-state index contributed by atoms with van der Waals surface area (Å²) in [6, 6.07) is 4.89. The smallest absolute Gasteiger partial charge is 0.412 e. The average molecular weight is 769 g/mol. The van der Waals surface area contributed by atoms with Crippen LogP contribution in [0.25, 0.3) is 0 Å². The van der Waals surface area contributed by atoms with Crippen molar-refractivity contribution in [3.63, 3.8) is 0 Å². The first-order chi connectivity index (χ1) is 26.1. The fourth-order valence-electron chi connectivity index (χ4n) is 6.37. The molecule has 0 bridgehead atoms. The lowest BCUT2D eigenvalue weighted by Crippen LogP contribution is -2.38. The fourth-order valence-corrected chi connectivity index (χ4v) is 6.37. The summed E-state index contributed by atoms with van der Waals surface area (Å²) in [5.74, 6) is 0.105. The van der Waals surface area contributed by atoms with Gasteiger partial charge < -0.3 is 48.8 Å². The topological polar surface area (TPSA) is 206 Å². The molecule has 0 unspecified atom stereocenters. The van der Waals surface area contributed by atoms with Gasteiger partial charge in [-0.3, -0.25) is 20.2 Å². The van der Waals surface area contributed by atoms with Crippen LogP contribution in [0, 0.1) is 0 Å². The Morgan fingerprint density at radius 3 is 1.55 bits per heavy atom. The van der Waals surface area contributed by atoms with Crippen LogP contribution in [0.4, 0.5) is 21.0 Å². The molecule has 4 amide bonds. The van der Waals surface area contributed by atoms with E-state index in [1.165, 1.54) is 48.3 Å². The van der Waals surface area contributed by atoms with Gasteiger partial charge in [-0.1, -0.05) is 24.3 Å². The number of likely N-dealkylation sites (tertiary alicyclic amines) is 2. The van der Waals surface area contributed by atoms with Crippen LogP contribution in [0.15, 0.2) is 48.6 Å². The number of ether oxygens (including phenoxy) is 5. The number of hydrogen-bond donors (Lipinski definition) is 5. The lowest BCUT2D eigenvalue weighted by atomic mass is 10.1. The lowest BCUT2D eigenvalue weighted by molar-refractivity contribution is 0.0634. The van der Waals surface area contributed by atoms with Gasteiger partial charge in [0.25, 0.3) is 11.8 Å². The molecular formula is C39H52N4O12. The monoisotopic (exact) mass is 768 g/mol. The highest BCUT2D eigenvalue weighted by molar-refractivity contribution is 6.05. The first-order valence-electron chi connectivity index (χ1n) is 18.0. The number of carbonyl (C=O) groups is 4. The molecule has 0 radical (unpaired) electrons. The lowest BCUT2D eigenvalue weighted by Gasteiger charge is -2.25. The van der Waals surface area contributed by atoms with Gasteiger partial charge in [0.2, 0.25) is 0 Å².